The van der Waals surface area contributed by atoms with Gasteiger partial charge in [0.15, 0.2) is 0 Å². The van der Waals surface area contributed by atoms with Crippen LogP contribution >= 0.6 is 23.0 Å². The van der Waals surface area contributed by atoms with Gasteiger partial charge in [0.2, 0.25) is 0 Å². The van der Waals surface area contributed by atoms with E-state index in [0.29, 0.717) is 0 Å². The van der Waals surface area contributed by atoms with Crippen LogP contribution in [0.2, 0.25) is 0 Å². The van der Waals surface area contributed by atoms with Crippen LogP contribution in [0, 0.1) is 0 Å². The lowest BCUT2D eigenvalue weighted by Crippen LogP contribution is -2.02. The van der Waals surface area contributed by atoms with Crippen molar-refractivity contribution >= 4 is 23.0 Å². The lowest BCUT2D eigenvalue weighted by atomic mass is 10.0. The smallest absolute Gasteiger partial charge is 0.109 e. The third kappa shape index (κ3) is 8.65. The van der Waals surface area contributed by atoms with Crippen molar-refractivity contribution in [3.8, 4) is 0 Å². The molecular weight excluding hydrogens is 435 g/mol. The minimum atomic E-state index is 0.172. The summed E-state index contributed by atoms with van der Waals surface area (Å²) in [6, 6.07) is 19.6. The first-order chi connectivity index (χ1) is 12.8. The minimum absolute atomic E-state index is 0.172. The molecule has 2 rings (SSSR count). The molecule has 0 bridgehead atoms. The molecule has 3 heteroatoms. The first kappa shape index (κ1) is 21.4. The Hall–Kier alpha value is -0.910. The molecule has 1 atom stereocenters. The van der Waals surface area contributed by atoms with Crippen LogP contribution in [0.1, 0.15) is 61.8 Å². The van der Waals surface area contributed by atoms with E-state index < -0.39 is 0 Å². The monoisotopic (exact) mass is 466 g/mol. The van der Waals surface area contributed by atoms with Crippen molar-refractivity contribution < 1.29 is 7.80 Å². The second-order valence-electron chi connectivity index (χ2n) is 6.82. The summed E-state index contributed by atoms with van der Waals surface area (Å²) in [5.41, 5.74) is 4.10. The maximum absolute atomic E-state index is 6.02. The highest BCUT2D eigenvalue weighted by molar-refractivity contribution is 14.1. The molecule has 0 N–H and O–H groups in total. The van der Waals surface area contributed by atoms with Crippen molar-refractivity contribution in [1.82, 2.24) is 0 Å². The standard InChI is InChI=1S/C23H31IO2/c1-20(23-16-14-22(15-17-23)13-7-9-19-26-24)25-18-8-3-6-12-21-10-4-2-5-11-21/h2,4-5,10-11,14-17,20H,3,6-9,12-13,18-19H2,1H3. The highest BCUT2D eigenvalue weighted by Gasteiger charge is 2.05. The SMILES string of the molecule is CC(OCCCCCc1ccccc1)c1ccc(CCCCOI)cc1. The van der Waals surface area contributed by atoms with Crippen LogP contribution in [-0.4, -0.2) is 13.2 Å². The molecule has 2 aromatic rings. The first-order valence-electron chi connectivity index (χ1n) is 9.77. The average Bonchev–Trinajstić information content (AvgIpc) is 2.69. The van der Waals surface area contributed by atoms with E-state index in [0.717, 1.165) is 32.5 Å². The van der Waals surface area contributed by atoms with Gasteiger partial charge in [-0.25, -0.2) is 0 Å². The van der Waals surface area contributed by atoms with Gasteiger partial charge in [-0.3, -0.25) is 0 Å². The van der Waals surface area contributed by atoms with Crippen molar-refractivity contribution in [1.29, 1.82) is 0 Å². The van der Waals surface area contributed by atoms with Gasteiger partial charge in [0, 0.05) is 6.61 Å². The summed E-state index contributed by atoms with van der Waals surface area (Å²) in [7, 11) is 0. The summed E-state index contributed by atoms with van der Waals surface area (Å²) in [4.78, 5) is 0. The molecule has 0 saturated heterocycles. The van der Waals surface area contributed by atoms with Crippen molar-refractivity contribution in [3.05, 3.63) is 71.3 Å². The van der Waals surface area contributed by atoms with Gasteiger partial charge < -0.3 is 7.80 Å². The van der Waals surface area contributed by atoms with Crippen LogP contribution in [0.15, 0.2) is 54.6 Å². The largest absolute Gasteiger partial charge is 0.374 e. The van der Waals surface area contributed by atoms with Gasteiger partial charge in [0.05, 0.1) is 12.7 Å². The number of aryl methyl sites for hydroxylation is 2. The summed E-state index contributed by atoms with van der Waals surface area (Å²) in [6.45, 7) is 3.83. The first-order valence-corrected chi connectivity index (χ1v) is 10.7. The zero-order valence-electron chi connectivity index (χ0n) is 15.8. The quantitative estimate of drug-likeness (QED) is 0.237. The number of unbranched alkanes of at least 4 members (excludes halogenated alkanes) is 3. The second kappa shape index (κ2) is 13.3. The third-order valence-corrected chi connectivity index (χ3v) is 5.15. The number of hydrogen-bond donors (Lipinski definition) is 0. The molecule has 0 aliphatic carbocycles. The molecule has 0 aliphatic rings. The topological polar surface area (TPSA) is 18.5 Å². The zero-order chi connectivity index (χ0) is 18.5. The average molecular weight is 466 g/mol. The molecule has 0 amide bonds. The van der Waals surface area contributed by atoms with Crippen LogP contribution in [-0.2, 0) is 20.6 Å². The Bertz CT molecular complexity index is 583. The Balaban J connectivity index is 1.58. The molecule has 0 aromatic heterocycles. The number of benzene rings is 2. The van der Waals surface area contributed by atoms with Gasteiger partial charge >= 0.3 is 0 Å². The van der Waals surface area contributed by atoms with E-state index in [2.05, 4.69) is 61.5 Å². The Labute approximate surface area is 173 Å². The highest BCUT2D eigenvalue weighted by Crippen LogP contribution is 2.19. The van der Waals surface area contributed by atoms with Gasteiger partial charge in [0.25, 0.3) is 0 Å². The molecule has 2 nitrogen and oxygen atoms in total. The third-order valence-electron chi connectivity index (χ3n) is 4.71. The van der Waals surface area contributed by atoms with Crippen LogP contribution in [0.5, 0.6) is 0 Å². The molecule has 2 aromatic carbocycles. The van der Waals surface area contributed by atoms with Gasteiger partial charge in [-0.2, -0.15) is 0 Å². The summed E-state index contributed by atoms with van der Waals surface area (Å²) in [5, 5.41) is 0. The molecule has 0 aliphatic heterocycles. The van der Waals surface area contributed by atoms with Crippen molar-refractivity contribution in [2.75, 3.05) is 13.2 Å². The Morgan fingerprint density at radius 3 is 2.04 bits per heavy atom. The van der Waals surface area contributed by atoms with Gasteiger partial charge in [0.1, 0.15) is 23.0 Å². The Kier molecular flexibility index (Phi) is 10.9. The summed E-state index contributed by atoms with van der Waals surface area (Å²) < 4.78 is 11.1. The number of halogens is 1. The minimum Gasteiger partial charge on any atom is -0.374 e. The lowest BCUT2D eigenvalue weighted by molar-refractivity contribution is 0.0628. The Morgan fingerprint density at radius 2 is 1.35 bits per heavy atom. The Morgan fingerprint density at radius 1 is 0.731 bits per heavy atom. The maximum Gasteiger partial charge on any atom is 0.109 e. The van der Waals surface area contributed by atoms with Gasteiger partial charge in [-0.05, 0) is 62.1 Å². The van der Waals surface area contributed by atoms with Crippen LogP contribution in [0.25, 0.3) is 0 Å². The second-order valence-corrected chi connectivity index (χ2v) is 7.44. The summed E-state index contributed by atoms with van der Waals surface area (Å²) >= 11 is 1.96. The summed E-state index contributed by atoms with van der Waals surface area (Å²) in [6.07, 6.45) is 8.35. The molecule has 0 saturated carbocycles. The fourth-order valence-corrected chi connectivity index (χ4v) is 3.36. The maximum atomic E-state index is 6.02. The van der Waals surface area contributed by atoms with E-state index in [1.54, 1.807) is 0 Å². The van der Waals surface area contributed by atoms with E-state index >= 15 is 0 Å². The predicted molar refractivity (Wildman–Crippen MR) is 118 cm³/mol. The lowest BCUT2D eigenvalue weighted by Gasteiger charge is -2.14. The van der Waals surface area contributed by atoms with Crippen molar-refractivity contribution in [2.24, 2.45) is 0 Å². The number of rotatable bonds is 13. The zero-order valence-corrected chi connectivity index (χ0v) is 18.0. The normalized spacial score (nSPS) is 12.2. The fourth-order valence-electron chi connectivity index (χ4n) is 3.05. The molecule has 142 valence electrons. The number of ether oxygens (including phenoxy) is 1. The highest BCUT2D eigenvalue weighted by atomic mass is 127. The van der Waals surface area contributed by atoms with Crippen LogP contribution < -0.4 is 0 Å². The fraction of sp³-hybridized carbons (Fsp3) is 0.478. The van der Waals surface area contributed by atoms with E-state index in [4.69, 9.17) is 7.80 Å². The summed E-state index contributed by atoms with van der Waals surface area (Å²) in [5.74, 6) is 0. The van der Waals surface area contributed by atoms with E-state index in [1.165, 1.54) is 42.4 Å². The molecular formula is C23H31IO2. The van der Waals surface area contributed by atoms with E-state index in [9.17, 15) is 0 Å². The van der Waals surface area contributed by atoms with Crippen molar-refractivity contribution in [2.45, 2.75) is 58.0 Å². The molecule has 1 unspecified atom stereocenters. The predicted octanol–water partition coefficient (Wildman–Crippen LogP) is 6.87. The van der Waals surface area contributed by atoms with Crippen molar-refractivity contribution in [3.63, 3.8) is 0 Å². The van der Waals surface area contributed by atoms with Gasteiger partial charge in [-0.1, -0.05) is 61.0 Å². The molecule has 0 fully saturated rings. The molecule has 0 heterocycles. The van der Waals surface area contributed by atoms with Gasteiger partial charge in [-0.15, -0.1) is 0 Å². The number of hydrogen-bond acceptors (Lipinski definition) is 2. The van der Waals surface area contributed by atoms with E-state index in [-0.39, 0.29) is 6.10 Å². The van der Waals surface area contributed by atoms with Crippen LogP contribution in [0.4, 0.5) is 0 Å². The molecule has 26 heavy (non-hydrogen) atoms. The van der Waals surface area contributed by atoms with Crippen LogP contribution in [0.3, 0.4) is 0 Å². The molecule has 0 radical (unpaired) electrons. The molecule has 0 spiro atoms. The van der Waals surface area contributed by atoms with E-state index in [1.807, 2.05) is 23.0 Å².